The van der Waals surface area contributed by atoms with Crippen molar-refractivity contribution in [3.8, 4) is 11.5 Å². The molecule has 0 bridgehead atoms. The van der Waals surface area contributed by atoms with Gasteiger partial charge in [0.2, 0.25) is 0 Å². The molecule has 0 aromatic heterocycles. The first-order valence-corrected chi connectivity index (χ1v) is 7.81. The molecule has 1 aromatic carbocycles. The zero-order chi connectivity index (χ0) is 16.2. The van der Waals surface area contributed by atoms with Gasteiger partial charge >= 0.3 is 0 Å². The van der Waals surface area contributed by atoms with Crippen LogP contribution >= 0.6 is 0 Å². The molecule has 0 saturated heterocycles. The van der Waals surface area contributed by atoms with Crippen molar-refractivity contribution in [1.82, 2.24) is 0 Å². The fourth-order valence-electron chi connectivity index (χ4n) is 2.53. The molecule has 0 radical (unpaired) electrons. The second kappa shape index (κ2) is 7.14. The first kappa shape index (κ1) is 16.8. The van der Waals surface area contributed by atoms with E-state index in [9.17, 15) is 0 Å². The minimum absolute atomic E-state index is 0.160. The summed E-state index contributed by atoms with van der Waals surface area (Å²) in [6.07, 6.45) is 3.77. The molecule has 0 aliphatic carbocycles. The van der Waals surface area contributed by atoms with Gasteiger partial charge in [-0.3, -0.25) is 4.99 Å². The van der Waals surface area contributed by atoms with Gasteiger partial charge in [0, 0.05) is 26.4 Å². The predicted molar refractivity (Wildman–Crippen MR) is 89.5 cm³/mol. The van der Waals surface area contributed by atoms with Gasteiger partial charge in [-0.05, 0) is 35.1 Å². The Morgan fingerprint density at radius 3 is 2.55 bits per heavy atom. The molecule has 0 saturated carbocycles. The monoisotopic (exact) mass is 305 g/mol. The molecule has 4 nitrogen and oxygen atoms in total. The highest BCUT2D eigenvalue weighted by Crippen LogP contribution is 2.35. The molecule has 22 heavy (non-hydrogen) atoms. The SMILES string of the molecule is COCCCOc1cc2c(cc1OC)C=N[C@H](C(C)(C)C)C2. The van der Waals surface area contributed by atoms with E-state index in [2.05, 4.69) is 26.8 Å². The highest BCUT2D eigenvalue weighted by Gasteiger charge is 2.27. The topological polar surface area (TPSA) is 40.0 Å². The highest BCUT2D eigenvalue weighted by atomic mass is 16.5. The third-order valence-electron chi connectivity index (χ3n) is 3.98. The summed E-state index contributed by atoms with van der Waals surface area (Å²) in [5, 5.41) is 0. The number of methoxy groups -OCH3 is 2. The molecule has 0 amide bonds. The van der Waals surface area contributed by atoms with Crippen molar-refractivity contribution in [2.45, 2.75) is 39.7 Å². The summed E-state index contributed by atoms with van der Waals surface area (Å²) in [4.78, 5) is 4.70. The van der Waals surface area contributed by atoms with Gasteiger partial charge in [0.15, 0.2) is 11.5 Å². The van der Waals surface area contributed by atoms with E-state index in [1.807, 2.05) is 12.3 Å². The van der Waals surface area contributed by atoms with Crippen LogP contribution < -0.4 is 9.47 Å². The maximum atomic E-state index is 5.87. The number of fused-ring (bicyclic) bond motifs is 1. The van der Waals surface area contributed by atoms with Crippen molar-refractivity contribution in [3.63, 3.8) is 0 Å². The van der Waals surface area contributed by atoms with Crippen LogP contribution in [-0.2, 0) is 11.2 Å². The number of nitrogens with zero attached hydrogens (tertiary/aromatic N) is 1. The molecule has 1 aromatic rings. The fraction of sp³-hybridized carbons (Fsp3) is 0.611. The molecule has 1 heterocycles. The average Bonchev–Trinajstić information content (AvgIpc) is 2.49. The Balaban J connectivity index is 2.18. The molecule has 0 fully saturated rings. The molecule has 122 valence electrons. The molecule has 2 rings (SSSR count). The molecule has 0 spiro atoms. The lowest BCUT2D eigenvalue weighted by molar-refractivity contribution is 0.170. The summed E-state index contributed by atoms with van der Waals surface area (Å²) in [5.74, 6) is 1.57. The lowest BCUT2D eigenvalue weighted by atomic mass is 9.81. The largest absolute Gasteiger partial charge is 0.493 e. The smallest absolute Gasteiger partial charge is 0.161 e. The minimum Gasteiger partial charge on any atom is -0.493 e. The normalized spacial score (nSPS) is 17.2. The Morgan fingerprint density at radius 2 is 1.91 bits per heavy atom. The summed E-state index contributed by atoms with van der Waals surface area (Å²) >= 11 is 0. The van der Waals surface area contributed by atoms with Crippen LogP contribution in [0.2, 0.25) is 0 Å². The van der Waals surface area contributed by atoms with Gasteiger partial charge in [0.1, 0.15) is 0 Å². The van der Waals surface area contributed by atoms with Crippen LogP contribution in [0.25, 0.3) is 0 Å². The quantitative estimate of drug-likeness (QED) is 0.755. The van der Waals surface area contributed by atoms with Crippen molar-refractivity contribution in [1.29, 1.82) is 0 Å². The summed E-state index contributed by atoms with van der Waals surface area (Å²) in [6.45, 7) is 8.01. The zero-order valence-corrected chi connectivity index (χ0v) is 14.3. The van der Waals surface area contributed by atoms with E-state index in [-0.39, 0.29) is 5.41 Å². The summed E-state index contributed by atoms with van der Waals surface area (Å²) < 4.78 is 16.4. The fourth-order valence-corrected chi connectivity index (χ4v) is 2.53. The minimum atomic E-state index is 0.160. The number of aliphatic imine (C=N–C) groups is 1. The van der Waals surface area contributed by atoms with Gasteiger partial charge in [0.05, 0.1) is 19.8 Å². The van der Waals surface area contributed by atoms with Crippen LogP contribution in [0.5, 0.6) is 11.5 Å². The molecular weight excluding hydrogens is 278 g/mol. The van der Waals surface area contributed by atoms with Crippen LogP contribution in [-0.4, -0.2) is 39.7 Å². The van der Waals surface area contributed by atoms with Crippen LogP contribution in [0.4, 0.5) is 0 Å². The summed E-state index contributed by atoms with van der Waals surface area (Å²) in [5.41, 5.74) is 2.56. The second-order valence-electron chi connectivity index (χ2n) is 6.76. The van der Waals surface area contributed by atoms with Crippen molar-refractivity contribution in [2.24, 2.45) is 10.4 Å². The van der Waals surface area contributed by atoms with E-state index in [0.29, 0.717) is 19.3 Å². The Kier molecular flexibility index (Phi) is 5.46. The number of rotatable bonds is 6. The Hall–Kier alpha value is -1.55. The van der Waals surface area contributed by atoms with Crippen molar-refractivity contribution in [2.75, 3.05) is 27.4 Å². The van der Waals surface area contributed by atoms with E-state index in [1.165, 1.54) is 5.56 Å². The maximum Gasteiger partial charge on any atom is 0.161 e. The van der Waals surface area contributed by atoms with E-state index in [0.717, 1.165) is 29.9 Å². The first-order chi connectivity index (χ1) is 10.5. The summed E-state index contributed by atoms with van der Waals surface area (Å²) in [7, 11) is 3.37. The van der Waals surface area contributed by atoms with Gasteiger partial charge < -0.3 is 14.2 Å². The Morgan fingerprint density at radius 1 is 1.14 bits per heavy atom. The van der Waals surface area contributed by atoms with Crippen LogP contribution in [0.3, 0.4) is 0 Å². The number of hydrogen-bond acceptors (Lipinski definition) is 4. The van der Waals surface area contributed by atoms with Crippen LogP contribution in [0.15, 0.2) is 17.1 Å². The first-order valence-electron chi connectivity index (χ1n) is 7.81. The van der Waals surface area contributed by atoms with Crippen molar-refractivity contribution in [3.05, 3.63) is 23.3 Å². The Bertz CT molecular complexity index is 532. The zero-order valence-electron chi connectivity index (χ0n) is 14.3. The van der Waals surface area contributed by atoms with Gasteiger partial charge in [-0.25, -0.2) is 0 Å². The van der Waals surface area contributed by atoms with E-state index in [1.54, 1.807) is 14.2 Å². The molecule has 1 aliphatic heterocycles. The number of benzene rings is 1. The summed E-state index contributed by atoms with van der Waals surface area (Å²) in [6, 6.07) is 4.42. The lowest BCUT2D eigenvalue weighted by Crippen LogP contribution is -2.29. The average molecular weight is 305 g/mol. The van der Waals surface area contributed by atoms with Crippen molar-refractivity contribution < 1.29 is 14.2 Å². The number of hydrogen-bond donors (Lipinski definition) is 0. The third kappa shape index (κ3) is 4.01. The van der Waals surface area contributed by atoms with Crippen LogP contribution in [0.1, 0.15) is 38.3 Å². The van der Waals surface area contributed by atoms with Gasteiger partial charge in [-0.15, -0.1) is 0 Å². The van der Waals surface area contributed by atoms with Crippen LogP contribution in [0, 0.1) is 5.41 Å². The molecular formula is C18H27NO3. The second-order valence-corrected chi connectivity index (χ2v) is 6.76. The predicted octanol–water partition coefficient (Wildman–Crippen LogP) is 3.50. The van der Waals surface area contributed by atoms with E-state index in [4.69, 9.17) is 19.2 Å². The van der Waals surface area contributed by atoms with Gasteiger partial charge in [-0.2, -0.15) is 0 Å². The molecule has 1 atom stereocenters. The highest BCUT2D eigenvalue weighted by molar-refractivity contribution is 5.84. The molecule has 1 aliphatic rings. The lowest BCUT2D eigenvalue weighted by Gasteiger charge is -2.30. The van der Waals surface area contributed by atoms with E-state index >= 15 is 0 Å². The molecule has 4 heteroatoms. The number of ether oxygens (including phenoxy) is 3. The van der Waals surface area contributed by atoms with Gasteiger partial charge in [0.25, 0.3) is 0 Å². The molecule has 0 N–H and O–H groups in total. The van der Waals surface area contributed by atoms with E-state index < -0.39 is 0 Å². The van der Waals surface area contributed by atoms with Crippen molar-refractivity contribution >= 4 is 6.21 Å². The third-order valence-corrected chi connectivity index (χ3v) is 3.98. The maximum absolute atomic E-state index is 5.87. The van der Waals surface area contributed by atoms with Gasteiger partial charge in [-0.1, -0.05) is 20.8 Å². The Labute approximate surface area is 133 Å². The molecule has 0 unspecified atom stereocenters. The standard InChI is InChI=1S/C18H27NO3/c1-18(2,3)17-11-13-9-16(22-8-6-7-20-4)15(21-5)10-14(13)12-19-17/h9-10,12,17H,6-8,11H2,1-5H3/t17-/m0/s1.